The molecule has 0 aliphatic rings. The van der Waals surface area contributed by atoms with Crippen LogP contribution in [0.4, 0.5) is 5.82 Å². The lowest BCUT2D eigenvalue weighted by Crippen LogP contribution is -1.97. The molecule has 0 spiro atoms. The average molecular weight is 307 g/mol. The van der Waals surface area contributed by atoms with Crippen molar-refractivity contribution in [3.8, 4) is 11.5 Å². The molecule has 23 heavy (non-hydrogen) atoms. The highest BCUT2D eigenvalue weighted by atomic mass is 16.5. The van der Waals surface area contributed by atoms with E-state index in [4.69, 9.17) is 9.47 Å². The molecular weight excluding hydrogens is 290 g/mol. The van der Waals surface area contributed by atoms with E-state index < -0.39 is 0 Å². The molecule has 0 amide bonds. The number of nitrogens with zero attached hydrogens (tertiary/aromatic N) is 2. The first-order valence-corrected chi connectivity index (χ1v) is 7.17. The van der Waals surface area contributed by atoms with Gasteiger partial charge in [-0.3, -0.25) is 5.43 Å². The highest BCUT2D eigenvalue weighted by Gasteiger charge is 2.07. The average Bonchev–Trinajstić information content (AvgIpc) is 2.61. The number of rotatable bonds is 5. The fourth-order valence-electron chi connectivity index (χ4n) is 2.31. The fraction of sp³-hybridized carbons (Fsp3) is 0.111. The van der Waals surface area contributed by atoms with E-state index >= 15 is 0 Å². The van der Waals surface area contributed by atoms with Crippen LogP contribution in [0.25, 0.3) is 10.9 Å². The summed E-state index contributed by atoms with van der Waals surface area (Å²) in [6.45, 7) is 0. The summed E-state index contributed by atoms with van der Waals surface area (Å²) in [5.41, 5.74) is 4.68. The minimum atomic E-state index is 0.645. The van der Waals surface area contributed by atoms with Gasteiger partial charge in [0.15, 0.2) is 11.5 Å². The number of pyridine rings is 1. The zero-order chi connectivity index (χ0) is 16.1. The van der Waals surface area contributed by atoms with Gasteiger partial charge >= 0.3 is 0 Å². The number of nitrogens with one attached hydrogen (secondary N) is 1. The largest absolute Gasteiger partial charge is 0.493 e. The van der Waals surface area contributed by atoms with Crippen molar-refractivity contribution in [2.24, 2.45) is 5.10 Å². The normalized spacial score (nSPS) is 10.9. The topological polar surface area (TPSA) is 55.7 Å². The van der Waals surface area contributed by atoms with Crippen molar-refractivity contribution in [1.29, 1.82) is 0 Å². The van der Waals surface area contributed by atoms with E-state index in [1.165, 1.54) is 0 Å². The molecule has 1 aromatic heterocycles. The highest BCUT2D eigenvalue weighted by molar-refractivity contribution is 5.85. The molecule has 1 heterocycles. The van der Waals surface area contributed by atoms with Gasteiger partial charge in [-0.05, 0) is 30.3 Å². The Hall–Kier alpha value is -3.08. The molecule has 0 saturated heterocycles. The second-order valence-corrected chi connectivity index (χ2v) is 4.84. The van der Waals surface area contributed by atoms with Gasteiger partial charge in [-0.2, -0.15) is 5.10 Å². The Balaban J connectivity index is 1.80. The van der Waals surface area contributed by atoms with Gasteiger partial charge in [0.1, 0.15) is 5.82 Å². The lowest BCUT2D eigenvalue weighted by atomic mass is 10.2. The summed E-state index contributed by atoms with van der Waals surface area (Å²) in [4.78, 5) is 4.50. The summed E-state index contributed by atoms with van der Waals surface area (Å²) in [6, 6.07) is 17.5. The highest BCUT2D eigenvalue weighted by Crippen LogP contribution is 2.29. The van der Waals surface area contributed by atoms with Crippen LogP contribution in [-0.2, 0) is 0 Å². The molecule has 0 atom stereocenters. The van der Waals surface area contributed by atoms with Gasteiger partial charge in [0.25, 0.3) is 0 Å². The first kappa shape index (κ1) is 14.8. The Kier molecular flexibility index (Phi) is 4.38. The summed E-state index contributed by atoms with van der Waals surface area (Å²) in [5.74, 6) is 1.99. The Morgan fingerprint density at radius 2 is 1.83 bits per heavy atom. The van der Waals surface area contributed by atoms with Crippen LogP contribution in [-0.4, -0.2) is 25.4 Å². The molecule has 0 fully saturated rings. The Labute approximate surface area is 134 Å². The number of hydrogen-bond acceptors (Lipinski definition) is 5. The number of hydrazone groups is 1. The maximum atomic E-state index is 5.37. The molecule has 0 saturated carbocycles. The van der Waals surface area contributed by atoms with E-state index in [1.807, 2.05) is 54.6 Å². The van der Waals surface area contributed by atoms with Gasteiger partial charge in [0.05, 0.1) is 26.0 Å². The van der Waals surface area contributed by atoms with Crippen LogP contribution in [0, 0.1) is 0 Å². The third-order valence-corrected chi connectivity index (χ3v) is 3.41. The third kappa shape index (κ3) is 3.23. The molecule has 2 aromatic carbocycles. The number of aromatic nitrogens is 1. The molecule has 3 rings (SSSR count). The Morgan fingerprint density at radius 3 is 2.65 bits per heavy atom. The van der Waals surface area contributed by atoms with Crippen LogP contribution in [0.3, 0.4) is 0 Å². The number of methoxy groups -OCH3 is 2. The predicted molar refractivity (Wildman–Crippen MR) is 92.5 cm³/mol. The molecule has 116 valence electrons. The van der Waals surface area contributed by atoms with Crippen LogP contribution in [0.2, 0.25) is 0 Å². The van der Waals surface area contributed by atoms with Crippen molar-refractivity contribution in [3.05, 3.63) is 60.2 Å². The number of ether oxygens (including phenoxy) is 2. The van der Waals surface area contributed by atoms with Crippen molar-refractivity contribution >= 4 is 22.9 Å². The van der Waals surface area contributed by atoms with Gasteiger partial charge in [0.2, 0.25) is 0 Å². The summed E-state index contributed by atoms with van der Waals surface area (Å²) in [6.07, 6.45) is 1.68. The summed E-state index contributed by atoms with van der Waals surface area (Å²) in [5, 5.41) is 5.32. The fourth-order valence-corrected chi connectivity index (χ4v) is 2.31. The van der Waals surface area contributed by atoms with Crippen LogP contribution in [0.15, 0.2) is 59.7 Å². The molecule has 0 bridgehead atoms. The number of hydrogen-bond donors (Lipinski definition) is 1. The standard InChI is InChI=1S/C18H17N3O2/c1-22-16-9-5-7-14(18(16)23-2)12-19-21-17-11-10-13-6-3-4-8-15(13)20-17/h3-12H,1-2H3,(H,20,21). The molecule has 0 unspecified atom stereocenters. The second-order valence-electron chi connectivity index (χ2n) is 4.84. The van der Waals surface area contributed by atoms with Gasteiger partial charge in [-0.25, -0.2) is 4.98 Å². The van der Waals surface area contributed by atoms with Gasteiger partial charge < -0.3 is 9.47 Å². The molecule has 1 N–H and O–H groups in total. The van der Waals surface area contributed by atoms with Crippen LogP contribution in [0.5, 0.6) is 11.5 Å². The first-order chi connectivity index (χ1) is 11.3. The van der Waals surface area contributed by atoms with E-state index in [1.54, 1.807) is 20.4 Å². The third-order valence-electron chi connectivity index (χ3n) is 3.41. The molecule has 0 radical (unpaired) electrons. The number of para-hydroxylation sites is 2. The lowest BCUT2D eigenvalue weighted by Gasteiger charge is -2.09. The number of fused-ring (bicyclic) bond motifs is 1. The zero-order valence-corrected chi connectivity index (χ0v) is 13.0. The van der Waals surface area contributed by atoms with Crippen molar-refractivity contribution < 1.29 is 9.47 Å². The SMILES string of the molecule is COc1cccc(C=NNc2ccc3ccccc3n2)c1OC. The maximum absolute atomic E-state index is 5.37. The minimum absolute atomic E-state index is 0.645. The molecule has 5 heteroatoms. The van der Waals surface area contributed by atoms with Crippen molar-refractivity contribution in [2.45, 2.75) is 0 Å². The van der Waals surface area contributed by atoms with Gasteiger partial charge in [0, 0.05) is 10.9 Å². The smallest absolute Gasteiger partial charge is 0.169 e. The number of benzene rings is 2. The monoisotopic (exact) mass is 307 g/mol. The predicted octanol–water partition coefficient (Wildman–Crippen LogP) is 3.70. The molecule has 3 aromatic rings. The molecular formula is C18H17N3O2. The van der Waals surface area contributed by atoms with E-state index in [-0.39, 0.29) is 0 Å². The Morgan fingerprint density at radius 1 is 0.957 bits per heavy atom. The lowest BCUT2D eigenvalue weighted by molar-refractivity contribution is 0.354. The van der Waals surface area contributed by atoms with Crippen molar-refractivity contribution in [2.75, 3.05) is 19.6 Å². The molecule has 0 aliphatic carbocycles. The quantitative estimate of drug-likeness (QED) is 0.577. The van der Waals surface area contributed by atoms with E-state index in [0.717, 1.165) is 16.5 Å². The van der Waals surface area contributed by atoms with Crippen LogP contribution < -0.4 is 14.9 Å². The van der Waals surface area contributed by atoms with Gasteiger partial charge in [-0.15, -0.1) is 0 Å². The van der Waals surface area contributed by atoms with E-state index in [0.29, 0.717) is 17.3 Å². The summed E-state index contributed by atoms with van der Waals surface area (Å²) >= 11 is 0. The van der Waals surface area contributed by atoms with E-state index in [9.17, 15) is 0 Å². The summed E-state index contributed by atoms with van der Waals surface area (Å²) in [7, 11) is 3.21. The first-order valence-electron chi connectivity index (χ1n) is 7.17. The summed E-state index contributed by atoms with van der Waals surface area (Å²) < 4.78 is 10.6. The molecule has 5 nitrogen and oxygen atoms in total. The molecule has 0 aliphatic heterocycles. The second kappa shape index (κ2) is 6.79. The number of anilines is 1. The van der Waals surface area contributed by atoms with Crippen molar-refractivity contribution in [3.63, 3.8) is 0 Å². The minimum Gasteiger partial charge on any atom is -0.493 e. The van der Waals surface area contributed by atoms with Crippen LogP contribution >= 0.6 is 0 Å². The van der Waals surface area contributed by atoms with E-state index in [2.05, 4.69) is 15.5 Å². The Bertz CT molecular complexity index is 847. The zero-order valence-electron chi connectivity index (χ0n) is 13.0. The van der Waals surface area contributed by atoms with Gasteiger partial charge in [-0.1, -0.05) is 24.3 Å². The van der Waals surface area contributed by atoms with Crippen LogP contribution in [0.1, 0.15) is 5.56 Å². The van der Waals surface area contributed by atoms with Crippen molar-refractivity contribution in [1.82, 2.24) is 4.98 Å². The maximum Gasteiger partial charge on any atom is 0.169 e.